The highest BCUT2D eigenvalue weighted by Crippen LogP contribution is 2.31. The van der Waals surface area contributed by atoms with Gasteiger partial charge in [0.05, 0.1) is 10.6 Å². The fourth-order valence-corrected chi connectivity index (χ4v) is 4.48. The largest absolute Gasteiger partial charge is 0.338 e. The number of thiophene rings is 1. The molecule has 0 saturated carbocycles. The van der Waals surface area contributed by atoms with Gasteiger partial charge in [-0.05, 0) is 60.0 Å². The summed E-state index contributed by atoms with van der Waals surface area (Å²) in [6.45, 7) is 0. The van der Waals surface area contributed by atoms with E-state index in [2.05, 4.69) is 20.3 Å². The second kappa shape index (κ2) is 8.62. The number of rotatable bonds is 6. The third-order valence-corrected chi connectivity index (χ3v) is 6.39. The predicted octanol–water partition coefficient (Wildman–Crippen LogP) is 6.13. The summed E-state index contributed by atoms with van der Waals surface area (Å²) in [5.74, 6) is 1.77. The maximum Gasteiger partial charge on any atom is 0.237 e. The summed E-state index contributed by atoms with van der Waals surface area (Å²) in [7, 11) is 0. The van der Waals surface area contributed by atoms with Gasteiger partial charge in [-0.1, -0.05) is 34.6 Å². The van der Waals surface area contributed by atoms with Crippen LogP contribution in [0.3, 0.4) is 0 Å². The maximum atomic E-state index is 13.5. The van der Waals surface area contributed by atoms with Crippen LogP contribution < -0.4 is 0 Å². The minimum Gasteiger partial charge on any atom is -0.338 e. The summed E-state index contributed by atoms with van der Waals surface area (Å²) in [5.41, 5.74) is 1.58. The summed E-state index contributed by atoms with van der Waals surface area (Å²) in [5, 5.41) is 16.0. The van der Waals surface area contributed by atoms with Crippen molar-refractivity contribution >= 4 is 34.7 Å². The number of halogens is 2. The van der Waals surface area contributed by atoms with Crippen LogP contribution in [-0.2, 0) is 5.75 Å². The zero-order valence-electron chi connectivity index (χ0n) is 15.8. The van der Waals surface area contributed by atoms with E-state index in [-0.39, 0.29) is 5.82 Å². The molecule has 5 aromatic rings. The molecular formula is C21H13ClFN5OS2. The lowest BCUT2D eigenvalue weighted by atomic mass is 10.2. The number of hydrogen-bond donors (Lipinski definition) is 0. The number of thioether (sulfide) groups is 1. The molecule has 0 spiro atoms. The normalized spacial score (nSPS) is 11.2. The van der Waals surface area contributed by atoms with Gasteiger partial charge in [-0.15, -0.1) is 21.5 Å². The van der Waals surface area contributed by atoms with Gasteiger partial charge in [-0.2, -0.15) is 4.98 Å². The predicted molar refractivity (Wildman–Crippen MR) is 119 cm³/mol. The van der Waals surface area contributed by atoms with Crippen LogP contribution in [0.4, 0.5) is 4.39 Å². The minimum absolute atomic E-state index is 0.314. The van der Waals surface area contributed by atoms with Crippen molar-refractivity contribution in [2.45, 2.75) is 10.9 Å². The molecule has 0 bridgehead atoms. The standard InChI is InChI=1S/C21H13ClFN5OS2/c22-14-5-3-13(4-6-14)20-25-26-21(28(20)16-9-7-15(23)8-10-16)31-12-18-24-19(27-29-18)17-2-1-11-30-17/h1-11H,12H2. The summed E-state index contributed by atoms with van der Waals surface area (Å²) in [6.07, 6.45) is 0. The zero-order valence-corrected chi connectivity index (χ0v) is 18.2. The maximum absolute atomic E-state index is 13.5. The van der Waals surface area contributed by atoms with Crippen molar-refractivity contribution < 1.29 is 8.91 Å². The molecule has 3 aromatic heterocycles. The Bertz CT molecular complexity index is 1300. The Morgan fingerprint density at radius 2 is 1.84 bits per heavy atom. The molecule has 0 saturated heterocycles. The molecule has 0 atom stereocenters. The van der Waals surface area contributed by atoms with E-state index in [0.717, 1.165) is 16.1 Å². The quantitative estimate of drug-likeness (QED) is 0.278. The first-order valence-corrected chi connectivity index (χ1v) is 11.4. The molecule has 0 aliphatic rings. The van der Waals surface area contributed by atoms with Crippen LogP contribution in [0, 0.1) is 5.82 Å². The van der Waals surface area contributed by atoms with Gasteiger partial charge in [-0.3, -0.25) is 4.57 Å². The van der Waals surface area contributed by atoms with Crippen molar-refractivity contribution in [3.63, 3.8) is 0 Å². The molecule has 5 rings (SSSR count). The summed E-state index contributed by atoms with van der Waals surface area (Å²) in [4.78, 5) is 5.39. The zero-order chi connectivity index (χ0) is 21.2. The molecule has 0 aliphatic heterocycles. The van der Waals surface area contributed by atoms with Gasteiger partial charge in [0.2, 0.25) is 11.7 Å². The molecule has 0 aliphatic carbocycles. The van der Waals surface area contributed by atoms with Crippen LogP contribution >= 0.6 is 34.7 Å². The molecule has 3 heterocycles. The lowest BCUT2D eigenvalue weighted by Gasteiger charge is -2.10. The second-order valence-electron chi connectivity index (χ2n) is 6.40. The summed E-state index contributed by atoms with van der Waals surface area (Å²) in [6, 6.07) is 17.4. The summed E-state index contributed by atoms with van der Waals surface area (Å²) < 4.78 is 20.7. The van der Waals surface area contributed by atoms with Gasteiger partial charge in [0.1, 0.15) is 5.82 Å². The highest BCUT2D eigenvalue weighted by Gasteiger charge is 2.18. The Morgan fingerprint density at radius 3 is 2.58 bits per heavy atom. The molecule has 0 fully saturated rings. The third-order valence-electron chi connectivity index (χ3n) is 4.35. The topological polar surface area (TPSA) is 69.6 Å². The minimum atomic E-state index is -0.314. The van der Waals surface area contributed by atoms with Crippen molar-refractivity contribution in [2.24, 2.45) is 0 Å². The van der Waals surface area contributed by atoms with Gasteiger partial charge in [-0.25, -0.2) is 4.39 Å². The summed E-state index contributed by atoms with van der Waals surface area (Å²) >= 11 is 8.98. The fourth-order valence-electron chi connectivity index (χ4n) is 2.92. The number of benzene rings is 2. The van der Waals surface area contributed by atoms with Crippen molar-refractivity contribution in [1.82, 2.24) is 24.9 Å². The second-order valence-corrected chi connectivity index (χ2v) is 8.73. The van der Waals surface area contributed by atoms with Crippen molar-refractivity contribution in [3.05, 3.63) is 82.8 Å². The molecular weight excluding hydrogens is 457 g/mol. The molecule has 0 N–H and O–H groups in total. The Hall–Kier alpha value is -3.01. The highest BCUT2D eigenvalue weighted by atomic mass is 35.5. The Kier molecular flexibility index (Phi) is 5.54. The van der Waals surface area contributed by atoms with Crippen LogP contribution in [0.2, 0.25) is 5.02 Å². The van der Waals surface area contributed by atoms with Crippen LogP contribution in [0.1, 0.15) is 5.89 Å². The van der Waals surface area contributed by atoms with Gasteiger partial charge in [0.15, 0.2) is 11.0 Å². The number of nitrogens with zero attached hydrogens (tertiary/aromatic N) is 5. The van der Waals surface area contributed by atoms with Gasteiger partial charge < -0.3 is 4.52 Å². The van der Waals surface area contributed by atoms with Gasteiger partial charge in [0, 0.05) is 16.3 Å². The Morgan fingerprint density at radius 1 is 1.03 bits per heavy atom. The molecule has 154 valence electrons. The molecule has 0 amide bonds. The Labute approximate surface area is 189 Å². The average molecular weight is 470 g/mol. The first-order chi connectivity index (χ1) is 15.2. The first kappa shape index (κ1) is 19.9. The van der Waals surface area contributed by atoms with Crippen LogP contribution in [0.15, 0.2) is 75.7 Å². The molecule has 6 nitrogen and oxygen atoms in total. The average Bonchev–Trinajstić information content (AvgIpc) is 3.54. The van der Waals surface area contributed by atoms with E-state index >= 15 is 0 Å². The van der Waals surface area contributed by atoms with E-state index in [1.807, 2.05) is 34.2 Å². The van der Waals surface area contributed by atoms with Crippen LogP contribution in [-0.4, -0.2) is 24.9 Å². The van der Waals surface area contributed by atoms with E-state index in [1.54, 1.807) is 35.6 Å². The first-order valence-electron chi connectivity index (χ1n) is 9.14. The monoisotopic (exact) mass is 469 g/mol. The highest BCUT2D eigenvalue weighted by molar-refractivity contribution is 7.98. The smallest absolute Gasteiger partial charge is 0.237 e. The Balaban J connectivity index is 1.47. The van der Waals surface area contributed by atoms with E-state index in [4.69, 9.17) is 16.1 Å². The fraction of sp³-hybridized carbons (Fsp3) is 0.0476. The van der Waals surface area contributed by atoms with E-state index in [0.29, 0.717) is 33.5 Å². The number of hydrogen-bond acceptors (Lipinski definition) is 7. The molecule has 0 radical (unpaired) electrons. The molecule has 31 heavy (non-hydrogen) atoms. The van der Waals surface area contributed by atoms with Crippen molar-refractivity contribution in [3.8, 4) is 27.8 Å². The van der Waals surface area contributed by atoms with Crippen molar-refractivity contribution in [1.29, 1.82) is 0 Å². The van der Waals surface area contributed by atoms with Crippen LogP contribution in [0.25, 0.3) is 27.8 Å². The van der Waals surface area contributed by atoms with E-state index in [1.165, 1.54) is 23.9 Å². The van der Waals surface area contributed by atoms with E-state index in [9.17, 15) is 4.39 Å². The SMILES string of the molecule is Fc1ccc(-n2c(SCc3nc(-c4cccs4)no3)nnc2-c2ccc(Cl)cc2)cc1. The van der Waals surface area contributed by atoms with E-state index < -0.39 is 0 Å². The molecule has 2 aromatic carbocycles. The molecule has 10 heteroatoms. The third kappa shape index (κ3) is 4.25. The molecule has 0 unspecified atom stereocenters. The van der Waals surface area contributed by atoms with Crippen LogP contribution in [0.5, 0.6) is 0 Å². The van der Waals surface area contributed by atoms with Crippen molar-refractivity contribution in [2.75, 3.05) is 0 Å². The number of aromatic nitrogens is 5. The lowest BCUT2D eigenvalue weighted by molar-refractivity contribution is 0.391. The lowest BCUT2D eigenvalue weighted by Crippen LogP contribution is -2.00. The van der Waals surface area contributed by atoms with Gasteiger partial charge >= 0.3 is 0 Å². The van der Waals surface area contributed by atoms with Gasteiger partial charge in [0.25, 0.3) is 0 Å².